The van der Waals surface area contributed by atoms with Gasteiger partial charge in [-0.25, -0.2) is 9.97 Å². The van der Waals surface area contributed by atoms with E-state index in [-0.39, 0.29) is 24.1 Å². The van der Waals surface area contributed by atoms with Crippen LogP contribution in [0.5, 0.6) is 5.88 Å². The van der Waals surface area contributed by atoms with Gasteiger partial charge in [0.2, 0.25) is 11.8 Å². The Morgan fingerprint density at radius 1 is 1.25 bits per heavy atom. The van der Waals surface area contributed by atoms with Crippen molar-refractivity contribution in [1.82, 2.24) is 24.4 Å². The molecule has 8 heteroatoms. The zero-order chi connectivity index (χ0) is 19.5. The van der Waals surface area contributed by atoms with Crippen molar-refractivity contribution >= 4 is 16.8 Å². The Balaban J connectivity index is 1.45. The predicted octanol–water partition coefficient (Wildman–Crippen LogP) is 1.56. The van der Waals surface area contributed by atoms with Crippen molar-refractivity contribution in [2.75, 3.05) is 13.1 Å². The molecule has 144 valence electrons. The molecular weight excluding hydrogens is 358 g/mol. The normalized spacial score (nSPS) is 16.9. The number of para-hydroxylation sites is 1. The van der Waals surface area contributed by atoms with Gasteiger partial charge in [-0.15, -0.1) is 0 Å². The van der Waals surface area contributed by atoms with Gasteiger partial charge in [0.05, 0.1) is 23.8 Å². The summed E-state index contributed by atoms with van der Waals surface area (Å²) in [7, 11) is 0. The second-order valence-electron chi connectivity index (χ2n) is 6.86. The first-order valence-corrected chi connectivity index (χ1v) is 9.28. The van der Waals surface area contributed by atoms with Gasteiger partial charge in [0.25, 0.3) is 5.56 Å². The number of piperidine rings is 1. The van der Waals surface area contributed by atoms with Crippen molar-refractivity contribution < 1.29 is 9.53 Å². The minimum atomic E-state index is -0.208. The highest BCUT2D eigenvalue weighted by molar-refractivity contribution is 5.79. The molecule has 2 aromatic heterocycles. The monoisotopic (exact) mass is 379 g/mol. The molecule has 1 aliphatic rings. The Kier molecular flexibility index (Phi) is 5.01. The third kappa shape index (κ3) is 3.85. The average molecular weight is 379 g/mol. The molecule has 0 N–H and O–H groups in total. The fraction of sp³-hybridized carbons (Fsp3) is 0.350. The number of carbonyl (C=O) groups excluding carboxylic acids is 1. The molecule has 1 aliphatic heterocycles. The number of aryl methyl sites for hydroxylation is 1. The third-order valence-electron chi connectivity index (χ3n) is 4.81. The predicted molar refractivity (Wildman–Crippen MR) is 103 cm³/mol. The van der Waals surface area contributed by atoms with Crippen LogP contribution in [0.1, 0.15) is 18.7 Å². The van der Waals surface area contributed by atoms with Crippen LogP contribution in [-0.2, 0) is 11.3 Å². The van der Waals surface area contributed by atoms with Gasteiger partial charge in [-0.2, -0.15) is 4.98 Å². The zero-order valence-corrected chi connectivity index (χ0v) is 15.6. The van der Waals surface area contributed by atoms with E-state index in [0.717, 1.165) is 12.8 Å². The lowest BCUT2D eigenvalue weighted by Gasteiger charge is -2.32. The molecule has 1 fully saturated rings. The van der Waals surface area contributed by atoms with E-state index < -0.39 is 0 Å². The summed E-state index contributed by atoms with van der Waals surface area (Å²) < 4.78 is 7.29. The molecule has 28 heavy (non-hydrogen) atoms. The van der Waals surface area contributed by atoms with Gasteiger partial charge < -0.3 is 9.64 Å². The van der Waals surface area contributed by atoms with Gasteiger partial charge in [0, 0.05) is 18.8 Å². The van der Waals surface area contributed by atoms with E-state index in [0.29, 0.717) is 35.7 Å². The Morgan fingerprint density at radius 3 is 2.96 bits per heavy atom. The van der Waals surface area contributed by atoms with Gasteiger partial charge in [-0.05, 0) is 31.9 Å². The Labute approximate surface area is 161 Å². The summed E-state index contributed by atoms with van der Waals surface area (Å²) in [4.78, 5) is 39.7. The number of amides is 1. The molecule has 0 aliphatic carbocycles. The maximum Gasteiger partial charge on any atom is 0.261 e. The Hall–Kier alpha value is -3.29. The fourth-order valence-corrected chi connectivity index (χ4v) is 3.40. The molecule has 0 radical (unpaired) electrons. The van der Waals surface area contributed by atoms with Crippen LogP contribution >= 0.6 is 0 Å². The molecule has 0 bridgehead atoms. The topological polar surface area (TPSA) is 90.2 Å². The number of aromatic nitrogens is 4. The average Bonchev–Trinajstić information content (AvgIpc) is 2.70. The van der Waals surface area contributed by atoms with Crippen LogP contribution in [0.25, 0.3) is 10.9 Å². The van der Waals surface area contributed by atoms with Gasteiger partial charge in [-0.1, -0.05) is 12.1 Å². The molecular formula is C20H21N5O3. The van der Waals surface area contributed by atoms with Gasteiger partial charge >= 0.3 is 0 Å². The molecule has 3 aromatic rings. The van der Waals surface area contributed by atoms with Crippen LogP contribution in [0.15, 0.2) is 47.7 Å². The van der Waals surface area contributed by atoms with Crippen LogP contribution in [0.3, 0.4) is 0 Å². The van der Waals surface area contributed by atoms with Crippen molar-refractivity contribution in [1.29, 1.82) is 0 Å². The summed E-state index contributed by atoms with van der Waals surface area (Å²) in [5.41, 5.74) is 0.419. The molecule has 1 aromatic carbocycles. The van der Waals surface area contributed by atoms with Crippen LogP contribution in [-0.4, -0.2) is 49.5 Å². The summed E-state index contributed by atoms with van der Waals surface area (Å²) in [6.45, 7) is 2.89. The summed E-state index contributed by atoms with van der Waals surface area (Å²) in [5, 5.41) is 0.511. The number of fused-ring (bicyclic) bond motifs is 1. The first-order chi connectivity index (χ1) is 13.6. The molecule has 1 atom stereocenters. The molecule has 1 unspecified atom stereocenters. The van der Waals surface area contributed by atoms with E-state index in [1.54, 1.807) is 42.3 Å². The van der Waals surface area contributed by atoms with Gasteiger partial charge in [-0.3, -0.25) is 14.2 Å². The number of rotatable bonds is 4. The van der Waals surface area contributed by atoms with Crippen molar-refractivity contribution in [2.24, 2.45) is 0 Å². The highest BCUT2D eigenvalue weighted by atomic mass is 16.5. The number of carbonyl (C=O) groups is 1. The largest absolute Gasteiger partial charge is 0.472 e. The second-order valence-corrected chi connectivity index (χ2v) is 6.86. The molecule has 1 saturated heterocycles. The summed E-state index contributed by atoms with van der Waals surface area (Å²) in [6.07, 6.45) is 4.65. The lowest BCUT2D eigenvalue weighted by atomic mass is 10.1. The number of hydrogen-bond donors (Lipinski definition) is 0. The Morgan fingerprint density at radius 2 is 2.11 bits per heavy atom. The SMILES string of the molecule is Cc1nccc(OC2CCCN(C(=O)Cn3cnc4ccccc4c3=O)C2)n1. The standard InChI is InChI=1S/C20H21N5O3/c1-14-21-9-8-18(23-14)28-15-5-4-10-24(11-15)19(26)12-25-13-22-17-7-3-2-6-16(17)20(25)27/h2-3,6-9,13,15H,4-5,10-12H2,1H3. The quantitative estimate of drug-likeness (QED) is 0.683. The lowest BCUT2D eigenvalue weighted by molar-refractivity contribution is -0.134. The van der Waals surface area contributed by atoms with Gasteiger partial charge in [0.1, 0.15) is 18.5 Å². The van der Waals surface area contributed by atoms with E-state index in [4.69, 9.17) is 4.74 Å². The number of nitrogens with zero attached hydrogens (tertiary/aromatic N) is 5. The van der Waals surface area contributed by atoms with E-state index in [1.165, 1.54) is 10.9 Å². The maximum atomic E-state index is 12.8. The number of hydrogen-bond acceptors (Lipinski definition) is 6. The maximum absolute atomic E-state index is 12.8. The summed E-state index contributed by atoms with van der Waals surface area (Å²) >= 11 is 0. The van der Waals surface area contributed by atoms with Crippen molar-refractivity contribution in [3.05, 3.63) is 59.0 Å². The Bertz CT molecular complexity index is 1060. The van der Waals surface area contributed by atoms with Crippen LogP contribution < -0.4 is 10.3 Å². The fourth-order valence-electron chi connectivity index (χ4n) is 3.40. The first-order valence-electron chi connectivity index (χ1n) is 9.28. The highest BCUT2D eigenvalue weighted by Gasteiger charge is 2.25. The summed E-state index contributed by atoms with van der Waals surface area (Å²) in [5.74, 6) is 1.04. The van der Waals surface area contributed by atoms with Crippen molar-refractivity contribution in [2.45, 2.75) is 32.4 Å². The van der Waals surface area contributed by atoms with Gasteiger partial charge in [0.15, 0.2) is 0 Å². The van der Waals surface area contributed by atoms with E-state index in [2.05, 4.69) is 15.0 Å². The van der Waals surface area contributed by atoms with Crippen molar-refractivity contribution in [3.63, 3.8) is 0 Å². The molecule has 3 heterocycles. The number of benzene rings is 1. The van der Waals surface area contributed by atoms with E-state index in [1.807, 2.05) is 6.07 Å². The van der Waals surface area contributed by atoms with Crippen LogP contribution in [0.2, 0.25) is 0 Å². The smallest absolute Gasteiger partial charge is 0.261 e. The molecule has 0 spiro atoms. The van der Waals surface area contributed by atoms with E-state index >= 15 is 0 Å². The third-order valence-corrected chi connectivity index (χ3v) is 4.81. The second kappa shape index (κ2) is 7.75. The van der Waals surface area contributed by atoms with E-state index in [9.17, 15) is 9.59 Å². The molecule has 8 nitrogen and oxygen atoms in total. The number of likely N-dealkylation sites (tertiary alicyclic amines) is 1. The highest BCUT2D eigenvalue weighted by Crippen LogP contribution is 2.17. The molecule has 0 saturated carbocycles. The lowest BCUT2D eigenvalue weighted by Crippen LogP contribution is -2.46. The first kappa shape index (κ1) is 18.1. The minimum absolute atomic E-state index is 0.0317. The van der Waals surface area contributed by atoms with Crippen LogP contribution in [0.4, 0.5) is 0 Å². The molecule has 1 amide bonds. The number of ether oxygens (including phenoxy) is 1. The summed E-state index contributed by atoms with van der Waals surface area (Å²) in [6, 6.07) is 8.84. The molecule has 4 rings (SSSR count). The van der Waals surface area contributed by atoms with Crippen LogP contribution in [0, 0.1) is 6.92 Å². The van der Waals surface area contributed by atoms with Crippen molar-refractivity contribution in [3.8, 4) is 5.88 Å². The minimum Gasteiger partial charge on any atom is -0.472 e. The zero-order valence-electron chi connectivity index (χ0n) is 15.6.